The lowest BCUT2D eigenvalue weighted by Gasteiger charge is -2.47. The van der Waals surface area contributed by atoms with Crippen molar-refractivity contribution >= 4 is 11.6 Å². The molecule has 2 aliphatic rings. The summed E-state index contributed by atoms with van der Waals surface area (Å²) in [6.07, 6.45) is 22.1. The number of aryl methyl sites for hydroxylation is 3. The summed E-state index contributed by atoms with van der Waals surface area (Å²) in [7, 11) is 0. The van der Waals surface area contributed by atoms with Crippen LogP contribution in [0.3, 0.4) is 0 Å². The van der Waals surface area contributed by atoms with Crippen LogP contribution in [0.2, 0.25) is 0 Å². The van der Waals surface area contributed by atoms with Gasteiger partial charge in [-0.1, -0.05) is 125 Å². The van der Waals surface area contributed by atoms with Gasteiger partial charge in [0.25, 0.3) is 0 Å². The summed E-state index contributed by atoms with van der Waals surface area (Å²) in [5, 5.41) is 0. The van der Waals surface area contributed by atoms with Crippen LogP contribution in [0.4, 0.5) is 0 Å². The van der Waals surface area contributed by atoms with Crippen molar-refractivity contribution in [2.24, 2.45) is 10.8 Å². The van der Waals surface area contributed by atoms with E-state index in [1.165, 1.54) is 95.0 Å². The summed E-state index contributed by atoms with van der Waals surface area (Å²) in [6.45, 7) is 18.9. The van der Waals surface area contributed by atoms with Crippen molar-refractivity contribution in [1.82, 2.24) is 0 Å². The number of unbranched alkanes of at least 4 members (excludes halogenated alkanes) is 2. The fourth-order valence-corrected chi connectivity index (χ4v) is 7.47. The third-order valence-corrected chi connectivity index (χ3v) is 9.74. The molecule has 4 rings (SSSR count). The zero-order valence-electron chi connectivity index (χ0n) is 26.8. The molecule has 0 N–H and O–H groups in total. The summed E-state index contributed by atoms with van der Waals surface area (Å²) in [6, 6.07) is 14.2. The van der Waals surface area contributed by atoms with E-state index in [2.05, 4.69) is 116 Å². The second kappa shape index (κ2) is 12.9. The highest BCUT2D eigenvalue weighted by Gasteiger charge is 2.42. The minimum absolute atomic E-state index is 0.0520. The largest absolute Gasteiger partial charge is 0.0842 e. The predicted octanol–water partition coefficient (Wildman–Crippen LogP) is 11.9. The maximum absolute atomic E-state index is 2.58. The summed E-state index contributed by atoms with van der Waals surface area (Å²) in [5.41, 5.74) is 15.1. The molecule has 0 radical (unpaired) electrons. The van der Waals surface area contributed by atoms with Gasteiger partial charge in [0.2, 0.25) is 0 Å². The molecule has 0 saturated carbocycles. The fraction of sp³-hybridized carbons (Fsp3) is 0.500. The highest BCUT2D eigenvalue weighted by molar-refractivity contribution is 5.75. The van der Waals surface area contributed by atoms with E-state index in [1.54, 1.807) is 5.57 Å². The Kier molecular flexibility index (Phi) is 9.81. The first-order valence-corrected chi connectivity index (χ1v) is 16.1. The van der Waals surface area contributed by atoms with Gasteiger partial charge >= 0.3 is 0 Å². The molecular formula is C40H54. The third kappa shape index (κ3) is 6.64. The minimum Gasteiger partial charge on any atom is -0.0842 e. The van der Waals surface area contributed by atoms with Gasteiger partial charge in [-0.15, -0.1) is 0 Å². The second-order valence-corrected chi connectivity index (χ2v) is 13.5. The van der Waals surface area contributed by atoms with E-state index in [0.29, 0.717) is 0 Å². The molecule has 0 fully saturated rings. The second-order valence-electron chi connectivity index (χ2n) is 13.5. The van der Waals surface area contributed by atoms with Crippen LogP contribution in [0.1, 0.15) is 126 Å². The van der Waals surface area contributed by atoms with E-state index in [9.17, 15) is 0 Å². The van der Waals surface area contributed by atoms with Gasteiger partial charge in [0, 0.05) is 5.41 Å². The first-order chi connectivity index (χ1) is 19.1. The molecule has 0 unspecified atom stereocenters. The maximum Gasteiger partial charge on any atom is 0.0113 e. The maximum atomic E-state index is 2.58. The standard InChI is InChI=1S/C40H54/c1-9-11-15-32-18-21-33(22-19-32)37-23-25-40(8,38(14-10-2)39(37,6)7)24-13-12-16-34-28-36-31(5)26-29(3)27-35(36)20-17-30(34)4/h14,17-19,21-23,26-28H,9-13,15-16,20,24-25H2,1-8H3/b38-14-/t40-/m0/s1. The predicted molar refractivity (Wildman–Crippen MR) is 178 cm³/mol. The van der Waals surface area contributed by atoms with Crippen LogP contribution in [0.5, 0.6) is 0 Å². The SMILES string of the molecule is CC/C=C1/C(C)(C)C(c2ccc(CCCC)cc2)=CC[C@]1(C)CCCCC1=Cc2c(C)cc(C)cc2CC=C1C. The Hall–Kier alpha value is -2.60. The van der Waals surface area contributed by atoms with Gasteiger partial charge in [-0.2, -0.15) is 0 Å². The van der Waals surface area contributed by atoms with E-state index < -0.39 is 0 Å². The Morgan fingerprint density at radius 3 is 2.30 bits per heavy atom. The molecule has 40 heavy (non-hydrogen) atoms. The highest BCUT2D eigenvalue weighted by Crippen LogP contribution is 2.56. The lowest BCUT2D eigenvalue weighted by molar-refractivity contribution is 0.289. The van der Waals surface area contributed by atoms with E-state index in [4.69, 9.17) is 0 Å². The van der Waals surface area contributed by atoms with Crippen molar-refractivity contribution in [3.8, 4) is 0 Å². The fourth-order valence-electron chi connectivity index (χ4n) is 7.47. The molecule has 0 heteroatoms. The van der Waals surface area contributed by atoms with Crippen LogP contribution in [0.15, 0.2) is 71.3 Å². The average Bonchev–Trinajstić information content (AvgIpc) is 3.07. The normalized spacial score (nSPS) is 21.4. The van der Waals surface area contributed by atoms with E-state index >= 15 is 0 Å². The molecule has 0 heterocycles. The monoisotopic (exact) mass is 534 g/mol. The Balaban J connectivity index is 1.48. The van der Waals surface area contributed by atoms with Gasteiger partial charge in [0.1, 0.15) is 0 Å². The summed E-state index contributed by atoms with van der Waals surface area (Å²) in [4.78, 5) is 0. The molecular weight excluding hydrogens is 480 g/mol. The number of allylic oxidation sites excluding steroid dienone is 7. The first kappa shape index (κ1) is 30.4. The summed E-state index contributed by atoms with van der Waals surface area (Å²) >= 11 is 0. The van der Waals surface area contributed by atoms with Crippen LogP contribution in [0.25, 0.3) is 11.6 Å². The molecule has 0 aromatic heterocycles. The lowest BCUT2D eigenvalue weighted by atomic mass is 9.57. The quantitative estimate of drug-likeness (QED) is 0.210. The van der Waals surface area contributed by atoms with Crippen molar-refractivity contribution in [2.45, 2.75) is 120 Å². The summed E-state index contributed by atoms with van der Waals surface area (Å²) in [5.74, 6) is 0. The van der Waals surface area contributed by atoms with Crippen LogP contribution >= 0.6 is 0 Å². The van der Waals surface area contributed by atoms with Crippen molar-refractivity contribution < 1.29 is 0 Å². The van der Waals surface area contributed by atoms with Gasteiger partial charge < -0.3 is 0 Å². The molecule has 1 atom stereocenters. The number of hydrogen-bond acceptors (Lipinski definition) is 0. The van der Waals surface area contributed by atoms with E-state index in [0.717, 1.165) is 19.3 Å². The Morgan fingerprint density at radius 1 is 0.850 bits per heavy atom. The molecule has 2 aliphatic carbocycles. The summed E-state index contributed by atoms with van der Waals surface area (Å²) < 4.78 is 0. The zero-order valence-corrected chi connectivity index (χ0v) is 26.8. The van der Waals surface area contributed by atoms with Gasteiger partial charge in [-0.3, -0.25) is 0 Å². The van der Waals surface area contributed by atoms with Crippen molar-refractivity contribution in [3.05, 3.63) is 105 Å². The van der Waals surface area contributed by atoms with E-state index in [-0.39, 0.29) is 10.8 Å². The van der Waals surface area contributed by atoms with Crippen LogP contribution in [0, 0.1) is 24.7 Å². The average molecular weight is 535 g/mol. The Morgan fingerprint density at radius 2 is 1.60 bits per heavy atom. The van der Waals surface area contributed by atoms with Crippen molar-refractivity contribution in [3.63, 3.8) is 0 Å². The zero-order chi connectivity index (χ0) is 28.9. The lowest BCUT2D eigenvalue weighted by Crippen LogP contribution is -2.34. The molecule has 0 aliphatic heterocycles. The smallest absolute Gasteiger partial charge is 0.0113 e. The van der Waals surface area contributed by atoms with Crippen LogP contribution in [-0.4, -0.2) is 0 Å². The highest BCUT2D eigenvalue weighted by atomic mass is 14.5. The van der Waals surface area contributed by atoms with Gasteiger partial charge in [0.05, 0.1) is 0 Å². The van der Waals surface area contributed by atoms with Crippen LogP contribution < -0.4 is 0 Å². The third-order valence-electron chi connectivity index (χ3n) is 9.74. The van der Waals surface area contributed by atoms with Gasteiger partial charge in [0.15, 0.2) is 0 Å². The molecule has 0 nitrogen and oxygen atoms in total. The molecule has 214 valence electrons. The number of benzene rings is 2. The number of fused-ring (bicyclic) bond motifs is 1. The van der Waals surface area contributed by atoms with E-state index in [1.807, 2.05) is 0 Å². The van der Waals surface area contributed by atoms with Crippen molar-refractivity contribution in [2.75, 3.05) is 0 Å². The van der Waals surface area contributed by atoms with Gasteiger partial charge in [-0.05, 0) is 117 Å². The first-order valence-electron chi connectivity index (χ1n) is 16.1. The Bertz CT molecular complexity index is 1300. The van der Waals surface area contributed by atoms with Crippen molar-refractivity contribution in [1.29, 1.82) is 0 Å². The Labute approximate surface area is 246 Å². The topological polar surface area (TPSA) is 0 Å². The molecule has 2 aromatic carbocycles. The van der Waals surface area contributed by atoms with Crippen LogP contribution in [-0.2, 0) is 12.8 Å². The molecule has 0 spiro atoms. The number of hydrogen-bond donors (Lipinski definition) is 0. The molecule has 0 amide bonds. The molecule has 0 saturated heterocycles. The number of rotatable bonds is 10. The molecule has 0 bridgehead atoms. The molecule has 2 aromatic rings. The van der Waals surface area contributed by atoms with Gasteiger partial charge in [-0.25, -0.2) is 0 Å². The minimum atomic E-state index is 0.0520.